The van der Waals surface area contributed by atoms with Crippen LogP contribution in [-0.4, -0.2) is 25.0 Å². The first-order chi connectivity index (χ1) is 8.45. The van der Waals surface area contributed by atoms with Gasteiger partial charge >= 0.3 is 5.97 Å². The van der Waals surface area contributed by atoms with Gasteiger partial charge < -0.3 is 10.1 Å². The first-order valence-electron chi connectivity index (χ1n) is 5.60. The number of halogens is 1. The predicted molar refractivity (Wildman–Crippen MR) is 64.5 cm³/mol. The number of carbonyl (C=O) groups is 2. The fourth-order valence-electron chi connectivity index (χ4n) is 1.45. The number of hydrogen-bond acceptors (Lipinski definition) is 3. The molecule has 1 amide bonds. The lowest BCUT2D eigenvalue weighted by Crippen LogP contribution is -2.45. The Labute approximate surface area is 105 Å². The van der Waals surface area contributed by atoms with Crippen molar-refractivity contribution in [2.24, 2.45) is 5.92 Å². The first-order valence-corrected chi connectivity index (χ1v) is 5.60. The summed E-state index contributed by atoms with van der Waals surface area (Å²) in [5, 5.41) is 2.57. The molecule has 1 aromatic carbocycles. The highest BCUT2D eigenvalue weighted by Gasteiger charge is 2.25. The monoisotopic (exact) mass is 253 g/mol. The lowest BCUT2D eigenvalue weighted by Gasteiger charge is -2.19. The molecule has 0 bridgehead atoms. The SMILES string of the molecule is COC(=O)[C@@H](NC(=O)c1ccc(F)cc1)C(C)C. The minimum atomic E-state index is -0.715. The van der Waals surface area contributed by atoms with Crippen molar-refractivity contribution in [2.45, 2.75) is 19.9 Å². The number of esters is 1. The summed E-state index contributed by atoms with van der Waals surface area (Å²) < 4.78 is 17.3. The molecule has 1 atom stereocenters. The van der Waals surface area contributed by atoms with E-state index in [1.807, 2.05) is 0 Å². The van der Waals surface area contributed by atoms with Crippen LogP contribution in [0.1, 0.15) is 24.2 Å². The largest absolute Gasteiger partial charge is 0.467 e. The van der Waals surface area contributed by atoms with Crippen molar-refractivity contribution < 1.29 is 18.7 Å². The van der Waals surface area contributed by atoms with E-state index >= 15 is 0 Å². The van der Waals surface area contributed by atoms with Gasteiger partial charge in [-0.3, -0.25) is 4.79 Å². The van der Waals surface area contributed by atoms with Crippen LogP contribution in [0.2, 0.25) is 0 Å². The number of rotatable bonds is 4. The topological polar surface area (TPSA) is 55.4 Å². The van der Waals surface area contributed by atoms with Gasteiger partial charge in [0.1, 0.15) is 11.9 Å². The van der Waals surface area contributed by atoms with Crippen molar-refractivity contribution in [2.75, 3.05) is 7.11 Å². The Balaban J connectivity index is 2.78. The lowest BCUT2D eigenvalue weighted by molar-refractivity contribution is -0.144. The molecule has 98 valence electrons. The zero-order valence-electron chi connectivity index (χ0n) is 10.6. The van der Waals surface area contributed by atoms with Crippen molar-refractivity contribution in [3.05, 3.63) is 35.6 Å². The highest BCUT2D eigenvalue weighted by Crippen LogP contribution is 2.07. The van der Waals surface area contributed by atoms with Gasteiger partial charge in [0.05, 0.1) is 7.11 Å². The van der Waals surface area contributed by atoms with Crippen LogP contribution in [0.5, 0.6) is 0 Å². The molecule has 0 aliphatic rings. The molecule has 0 saturated heterocycles. The summed E-state index contributed by atoms with van der Waals surface area (Å²) in [7, 11) is 1.27. The molecule has 18 heavy (non-hydrogen) atoms. The molecule has 1 aromatic rings. The normalized spacial score (nSPS) is 12.1. The van der Waals surface area contributed by atoms with Gasteiger partial charge in [-0.1, -0.05) is 13.8 Å². The average Bonchev–Trinajstić information content (AvgIpc) is 2.35. The summed E-state index contributed by atoms with van der Waals surface area (Å²) in [4.78, 5) is 23.3. The molecule has 1 rings (SSSR count). The third-order valence-electron chi connectivity index (χ3n) is 2.51. The van der Waals surface area contributed by atoms with Gasteiger partial charge in [-0.05, 0) is 30.2 Å². The number of carbonyl (C=O) groups excluding carboxylic acids is 2. The molecular formula is C13H16FNO3. The van der Waals surface area contributed by atoms with Crippen molar-refractivity contribution in [3.8, 4) is 0 Å². The number of benzene rings is 1. The zero-order valence-corrected chi connectivity index (χ0v) is 10.6. The van der Waals surface area contributed by atoms with E-state index in [0.717, 1.165) is 0 Å². The van der Waals surface area contributed by atoms with Crippen molar-refractivity contribution >= 4 is 11.9 Å². The Kier molecular flexibility index (Phi) is 4.83. The Bertz CT molecular complexity index is 428. The predicted octanol–water partition coefficient (Wildman–Crippen LogP) is 1.75. The summed E-state index contributed by atoms with van der Waals surface area (Å²) in [6.45, 7) is 3.60. The van der Waals surface area contributed by atoms with Crippen LogP contribution in [0.3, 0.4) is 0 Å². The second kappa shape index (κ2) is 6.14. The van der Waals surface area contributed by atoms with Crippen LogP contribution in [-0.2, 0) is 9.53 Å². The number of methoxy groups -OCH3 is 1. The quantitative estimate of drug-likeness (QED) is 0.832. The summed E-state index contributed by atoms with van der Waals surface area (Å²) in [6, 6.07) is 4.39. The van der Waals surface area contributed by atoms with E-state index in [1.54, 1.807) is 13.8 Å². The van der Waals surface area contributed by atoms with Crippen LogP contribution in [0.4, 0.5) is 4.39 Å². The third-order valence-corrected chi connectivity index (χ3v) is 2.51. The molecule has 0 aliphatic carbocycles. The number of nitrogens with one attached hydrogen (secondary N) is 1. The second-order valence-electron chi connectivity index (χ2n) is 4.23. The molecule has 0 fully saturated rings. The highest BCUT2D eigenvalue weighted by molar-refractivity contribution is 5.96. The van der Waals surface area contributed by atoms with Gasteiger partial charge in [0.15, 0.2) is 0 Å². The van der Waals surface area contributed by atoms with Crippen LogP contribution in [0, 0.1) is 11.7 Å². The molecule has 5 heteroatoms. The van der Waals surface area contributed by atoms with Gasteiger partial charge in [0.2, 0.25) is 0 Å². The molecule has 0 aromatic heterocycles. The summed E-state index contributed by atoms with van der Waals surface area (Å²) in [6.07, 6.45) is 0. The van der Waals surface area contributed by atoms with Crippen LogP contribution in [0.25, 0.3) is 0 Å². The Hall–Kier alpha value is -1.91. The van der Waals surface area contributed by atoms with E-state index in [-0.39, 0.29) is 5.92 Å². The molecule has 0 spiro atoms. The van der Waals surface area contributed by atoms with E-state index in [9.17, 15) is 14.0 Å². The van der Waals surface area contributed by atoms with E-state index in [0.29, 0.717) is 5.56 Å². The summed E-state index contributed by atoms with van der Waals surface area (Å²) in [5.41, 5.74) is 0.297. The standard InChI is InChI=1S/C13H16FNO3/c1-8(2)11(13(17)18-3)15-12(16)9-4-6-10(14)7-5-9/h4-8,11H,1-3H3,(H,15,16)/t11-/m0/s1. The molecule has 0 heterocycles. The Morgan fingerprint density at radius 1 is 1.22 bits per heavy atom. The first kappa shape index (κ1) is 14.2. The van der Waals surface area contributed by atoms with Gasteiger partial charge in [-0.25, -0.2) is 9.18 Å². The van der Waals surface area contributed by atoms with Gasteiger partial charge in [0.25, 0.3) is 5.91 Å². The molecule has 0 unspecified atom stereocenters. The molecular weight excluding hydrogens is 237 g/mol. The lowest BCUT2D eigenvalue weighted by atomic mass is 10.0. The smallest absolute Gasteiger partial charge is 0.328 e. The highest BCUT2D eigenvalue weighted by atomic mass is 19.1. The molecule has 1 N–H and O–H groups in total. The molecule has 0 radical (unpaired) electrons. The van der Waals surface area contributed by atoms with Crippen molar-refractivity contribution in [1.82, 2.24) is 5.32 Å². The van der Waals surface area contributed by atoms with Crippen LogP contribution < -0.4 is 5.32 Å². The van der Waals surface area contributed by atoms with Crippen molar-refractivity contribution in [3.63, 3.8) is 0 Å². The number of ether oxygens (including phenoxy) is 1. The molecule has 0 saturated carbocycles. The third kappa shape index (κ3) is 3.55. The second-order valence-corrected chi connectivity index (χ2v) is 4.23. The van der Waals surface area contributed by atoms with E-state index < -0.39 is 23.7 Å². The van der Waals surface area contributed by atoms with Gasteiger partial charge in [-0.2, -0.15) is 0 Å². The fraction of sp³-hybridized carbons (Fsp3) is 0.385. The number of amides is 1. The Morgan fingerprint density at radius 3 is 2.22 bits per heavy atom. The molecule has 4 nitrogen and oxygen atoms in total. The fourth-order valence-corrected chi connectivity index (χ4v) is 1.45. The Morgan fingerprint density at radius 2 is 1.78 bits per heavy atom. The van der Waals surface area contributed by atoms with E-state index in [4.69, 9.17) is 0 Å². The maximum Gasteiger partial charge on any atom is 0.328 e. The summed E-state index contributed by atoms with van der Waals surface area (Å²) in [5.74, 6) is -1.44. The van der Waals surface area contributed by atoms with E-state index in [2.05, 4.69) is 10.1 Å². The van der Waals surface area contributed by atoms with Gasteiger partial charge in [-0.15, -0.1) is 0 Å². The molecule has 0 aliphatic heterocycles. The van der Waals surface area contributed by atoms with Crippen LogP contribution >= 0.6 is 0 Å². The van der Waals surface area contributed by atoms with E-state index in [1.165, 1.54) is 31.4 Å². The minimum absolute atomic E-state index is 0.0955. The number of hydrogen-bond donors (Lipinski definition) is 1. The maximum atomic E-state index is 12.7. The van der Waals surface area contributed by atoms with Gasteiger partial charge in [0, 0.05) is 5.56 Å². The zero-order chi connectivity index (χ0) is 13.7. The summed E-state index contributed by atoms with van der Waals surface area (Å²) >= 11 is 0. The average molecular weight is 253 g/mol. The van der Waals surface area contributed by atoms with Crippen LogP contribution in [0.15, 0.2) is 24.3 Å². The maximum absolute atomic E-state index is 12.7. The van der Waals surface area contributed by atoms with Crippen molar-refractivity contribution in [1.29, 1.82) is 0 Å². The minimum Gasteiger partial charge on any atom is -0.467 e.